The molecule has 15 heteroatoms. The van der Waals surface area contributed by atoms with Crippen molar-refractivity contribution in [1.82, 2.24) is 23.7 Å². The molecule has 200 valence electrons. The van der Waals surface area contributed by atoms with Crippen LogP contribution in [0.15, 0.2) is 18.2 Å². The first-order valence-corrected chi connectivity index (χ1v) is 13.8. The second kappa shape index (κ2) is 11.0. The Morgan fingerprint density at radius 3 is 2.30 bits per heavy atom. The minimum absolute atomic E-state index is 0.0583. The van der Waals surface area contributed by atoms with Gasteiger partial charge in [-0.25, -0.2) is 4.79 Å². The molecule has 0 aromatic heterocycles. The van der Waals surface area contributed by atoms with Gasteiger partial charge in [-0.2, -0.15) is 22.3 Å². The summed E-state index contributed by atoms with van der Waals surface area (Å²) >= 11 is 12.0. The topological polar surface area (TPSA) is 154 Å². The lowest BCUT2D eigenvalue weighted by molar-refractivity contribution is -0.143. The van der Waals surface area contributed by atoms with Gasteiger partial charge in [-0.15, -0.1) is 0 Å². The van der Waals surface area contributed by atoms with E-state index in [1.165, 1.54) is 4.90 Å². The van der Waals surface area contributed by atoms with E-state index in [-0.39, 0.29) is 51.7 Å². The number of halogens is 2. The van der Waals surface area contributed by atoms with Gasteiger partial charge in [0.1, 0.15) is 12.1 Å². The van der Waals surface area contributed by atoms with E-state index in [1.54, 1.807) is 18.2 Å². The number of hydrogen-bond acceptors (Lipinski definition) is 6. The molecule has 3 aliphatic rings. The van der Waals surface area contributed by atoms with Crippen LogP contribution in [0.5, 0.6) is 0 Å². The lowest BCUT2D eigenvalue weighted by atomic mass is 10.1. The molecular weight excluding hydrogens is 547 g/mol. The number of piperazine rings is 1. The molecule has 3 fully saturated rings. The lowest BCUT2D eigenvalue weighted by Gasteiger charge is -2.44. The molecule has 0 saturated carbocycles. The summed E-state index contributed by atoms with van der Waals surface area (Å²) in [6.45, 7) is -0.182. The van der Waals surface area contributed by atoms with Gasteiger partial charge in [-0.05, 0) is 36.6 Å². The summed E-state index contributed by atoms with van der Waals surface area (Å²) in [5.74, 6) is -1.42. The third kappa shape index (κ3) is 5.78. The van der Waals surface area contributed by atoms with E-state index in [9.17, 15) is 27.9 Å². The van der Waals surface area contributed by atoms with Crippen LogP contribution in [0.1, 0.15) is 18.4 Å². The second-order valence-electron chi connectivity index (χ2n) is 9.19. The van der Waals surface area contributed by atoms with Crippen LogP contribution in [0.4, 0.5) is 4.79 Å². The Morgan fingerprint density at radius 1 is 1.00 bits per heavy atom. The highest BCUT2D eigenvalue weighted by Gasteiger charge is 2.47. The number of nitriles is 1. The van der Waals surface area contributed by atoms with E-state index in [1.807, 2.05) is 6.07 Å². The van der Waals surface area contributed by atoms with Crippen LogP contribution in [0, 0.1) is 17.2 Å². The molecule has 0 radical (unpaired) electrons. The molecule has 4 rings (SSSR count). The lowest BCUT2D eigenvalue weighted by Crippen LogP contribution is -2.65. The van der Waals surface area contributed by atoms with Crippen molar-refractivity contribution in [2.75, 3.05) is 39.3 Å². The molecule has 3 aliphatic heterocycles. The number of carboxylic acid groups (broad SMARTS) is 1. The van der Waals surface area contributed by atoms with E-state index in [0.717, 1.165) is 13.5 Å². The Morgan fingerprint density at radius 2 is 1.68 bits per heavy atom. The Hall–Kier alpha value is -2.63. The van der Waals surface area contributed by atoms with Crippen molar-refractivity contribution in [1.29, 1.82) is 5.26 Å². The second-order valence-corrected chi connectivity index (χ2v) is 12.0. The molecule has 0 spiro atoms. The molecule has 2 N–H and O–H groups in total. The number of benzene rings is 1. The first-order chi connectivity index (χ1) is 17.5. The molecule has 2 atom stereocenters. The van der Waals surface area contributed by atoms with Crippen molar-refractivity contribution in [3.8, 4) is 6.07 Å². The predicted octanol–water partition coefficient (Wildman–Crippen LogP) is 0.965. The number of carbonyl (C=O) groups is 3. The normalized spacial score (nSPS) is 23.4. The van der Waals surface area contributed by atoms with Gasteiger partial charge in [0.05, 0.1) is 12.0 Å². The number of nitrogens with zero attached hydrogens (tertiary/aromatic N) is 5. The molecule has 0 bridgehead atoms. The van der Waals surface area contributed by atoms with Gasteiger partial charge in [0.2, 0.25) is 11.8 Å². The minimum Gasteiger partial charge on any atom is -0.465 e. The highest BCUT2D eigenvalue weighted by Crippen LogP contribution is 2.27. The highest BCUT2D eigenvalue weighted by atomic mass is 35.5. The number of carbonyl (C=O) groups excluding carboxylic acids is 2. The first-order valence-electron chi connectivity index (χ1n) is 11.7. The fourth-order valence-electron chi connectivity index (χ4n) is 4.79. The van der Waals surface area contributed by atoms with Crippen LogP contribution in [-0.4, -0.2) is 101 Å². The van der Waals surface area contributed by atoms with Gasteiger partial charge in [-0.3, -0.25) is 14.5 Å². The zero-order valence-corrected chi connectivity index (χ0v) is 22.0. The van der Waals surface area contributed by atoms with Gasteiger partial charge in [0.15, 0.2) is 0 Å². The smallest absolute Gasteiger partial charge is 0.408 e. The summed E-state index contributed by atoms with van der Waals surface area (Å²) in [7, 11) is -3.96. The fraction of sp³-hybridized carbons (Fsp3) is 0.545. The van der Waals surface area contributed by atoms with Gasteiger partial charge in [-0.1, -0.05) is 23.2 Å². The molecule has 3 heterocycles. The molecule has 3 amide bonds. The molecule has 0 aliphatic carbocycles. The Kier molecular flexibility index (Phi) is 8.15. The monoisotopic (exact) mass is 572 g/mol. The van der Waals surface area contributed by atoms with E-state index in [2.05, 4.69) is 5.32 Å². The maximum atomic E-state index is 13.5. The van der Waals surface area contributed by atoms with Gasteiger partial charge < -0.3 is 15.3 Å². The molecule has 1 aromatic rings. The average molecular weight is 573 g/mol. The van der Waals surface area contributed by atoms with Crippen LogP contribution in [0.2, 0.25) is 10.0 Å². The number of hydrogen-bond donors (Lipinski definition) is 2. The SMILES string of the molecule is N#CC1CN(S(=O)(=O)N2CCN(C(=O)O)C(C(=O)N3CCCC3C(=O)NCc3cc(Cl)cc(Cl)c3)C2)C1. The zero-order chi connectivity index (χ0) is 26.9. The Labute approximate surface area is 224 Å². The summed E-state index contributed by atoms with van der Waals surface area (Å²) in [6, 6.07) is 4.77. The van der Waals surface area contributed by atoms with Crippen molar-refractivity contribution in [2.24, 2.45) is 5.92 Å². The highest BCUT2D eigenvalue weighted by molar-refractivity contribution is 7.86. The molecule has 37 heavy (non-hydrogen) atoms. The Bertz CT molecular complexity index is 1210. The van der Waals surface area contributed by atoms with E-state index in [0.29, 0.717) is 28.5 Å². The standard InChI is InChI=1S/C22H26Cl2N6O6S/c23-16-6-14(7-17(24)8-16)10-26-20(31)18-2-1-3-29(18)21(32)19-13-27(4-5-30(19)22(33)34)37(35,36)28-11-15(9-25)12-28/h6-8,15,18-19H,1-5,10-13H2,(H,26,31)(H,33,34). The summed E-state index contributed by atoms with van der Waals surface area (Å²) in [5, 5.41) is 22.3. The largest absolute Gasteiger partial charge is 0.465 e. The van der Waals surface area contributed by atoms with Crippen molar-refractivity contribution in [3.63, 3.8) is 0 Å². The third-order valence-electron chi connectivity index (χ3n) is 6.78. The summed E-state index contributed by atoms with van der Waals surface area (Å²) in [6.07, 6.45) is -0.418. The van der Waals surface area contributed by atoms with Crippen LogP contribution >= 0.6 is 23.2 Å². The first kappa shape index (κ1) is 27.4. The van der Waals surface area contributed by atoms with Crippen LogP contribution in [0.25, 0.3) is 0 Å². The van der Waals surface area contributed by atoms with Crippen LogP contribution < -0.4 is 5.32 Å². The quantitative estimate of drug-likeness (QED) is 0.514. The number of amides is 3. The third-order valence-corrected chi connectivity index (χ3v) is 9.16. The van der Waals surface area contributed by atoms with Crippen molar-refractivity contribution < 1.29 is 27.9 Å². The molecule has 12 nitrogen and oxygen atoms in total. The van der Waals surface area contributed by atoms with Crippen LogP contribution in [0.3, 0.4) is 0 Å². The zero-order valence-electron chi connectivity index (χ0n) is 19.7. The van der Waals surface area contributed by atoms with Gasteiger partial charge >= 0.3 is 6.09 Å². The minimum atomic E-state index is -3.96. The maximum absolute atomic E-state index is 13.5. The average Bonchev–Trinajstić information content (AvgIpc) is 3.30. The van der Waals surface area contributed by atoms with Gasteiger partial charge in [0.25, 0.3) is 10.2 Å². The summed E-state index contributed by atoms with van der Waals surface area (Å²) < 4.78 is 28.2. The number of likely N-dealkylation sites (tertiary alicyclic amines) is 1. The summed E-state index contributed by atoms with van der Waals surface area (Å²) in [5.41, 5.74) is 0.677. The van der Waals surface area contributed by atoms with E-state index >= 15 is 0 Å². The molecule has 3 saturated heterocycles. The molecule has 2 unspecified atom stereocenters. The predicted molar refractivity (Wildman–Crippen MR) is 133 cm³/mol. The molecule has 1 aromatic carbocycles. The molecular formula is C22H26Cl2N6O6S. The number of nitrogens with one attached hydrogen (secondary N) is 1. The summed E-state index contributed by atoms with van der Waals surface area (Å²) in [4.78, 5) is 40.7. The van der Waals surface area contributed by atoms with Gasteiger partial charge in [0, 0.05) is 55.9 Å². The van der Waals surface area contributed by atoms with Crippen molar-refractivity contribution >= 4 is 51.3 Å². The fourth-order valence-corrected chi connectivity index (χ4v) is 7.07. The Balaban J connectivity index is 1.46. The van der Waals surface area contributed by atoms with Crippen LogP contribution in [-0.2, 0) is 26.3 Å². The van der Waals surface area contributed by atoms with Crippen molar-refractivity contribution in [2.45, 2.75) is 31.5 Å². The van der Waals surface area contributed by atoms with E-state index < -0.39 is 40.2 Å². The number of rotatable bonds is 6. The maximum Gasteiger partial charge on any atom is 0.408 e. The van der Waals surface area contributed by atoms with Crippen molar-refractivity contribution in [3.05, 3.63) is 33.8 Å². The van der Waals surface area contributed by atoms with E-state index in [4.69, 9.17) is 28.5 Å².